The maximum atomic E-state index is 13.1. The summed E-state index contributed by atoms with van der Waals surface area (Å²) in [5.74, 6) is 1.89. The van der Waals surface area contributed by atoms with Gasteiger partial charge in [0.05, 0.1) is 12.7 Å². The molecule has 5 rings (SSSR count). The summed E-state index contributed by atoms with van der Waals surface area (Å²) >= 11 is 0. The molecule has 2 aliphatic heterocycles. The fourth-order valence-corrected chi connectivity index (χ4v) is 4.28. The normalized spacial score (nSPS) is 16.8. The Bertz CT molecular complexity index is 1220. The van der Waals surface area contributed by atoms with Crippen LogP contribution in [0.2, 0.25) is 0 Å². The van der Waals surface area contributed by atoms with Crippen molar-refractivity contribution in [3.05, 3.63) is 89.4 Å². The van der Waals surface area contributed by atoms with Crippen molar-refractivity contribution in [3.63, 3.8) is 0 Å². The molecule has 0 amide bonds. The van der Waals surface area contributed by atoms with Crippen LogP contribution in [0.15, 0.2) is 72.5 Å². The molecule has 0 aliphatic carbocycles. The monoisotopic (exact) mass is 474 g/mol. The molecule has 3 aromatic rings. The zero-order valence-electron chi connectivity index (χ0n) is 19.6. The highest BCUT2D eigenvalue weighted by Gasteiger charge is 2.27. The van der Waals surface area contributed by atoms with Crippen molar-refractivity contribution >= 4 is 17.5 Å². The predicted molar refractivity (Wildman–Crippen MR) is 133 cm³/mol. The molecule has 1 saturated heterocycles. The van der Waals surface area contributed by atoms with Gasteiger partial charge in [0.25, 0.3) is 0 Å². The van der Waals surface area contributed by atoms with Gasteiger partial charge in [-0.05, 0) is 60.2 Å². The third-order valence-corrected chi connectivity index (χ3v) is 6.30. The van der Waals surface area contributed by atoms with Gasteiger partial charge in [0, 0.05) is 44.5 Å². The average molecular weight is 475 g/mol. The molecule has 0 saturated carbocycles. The molecular weight excluding hydrogens is 447 g/mol. The highest BCUT2D eigenvalue weighted by molar-refractivity contribution is 6.14. The van der Waals surface area contributed by atoms with Crippen molar-refractivity contribution in [2.75, 3.05) is 51.3 Å². The van der Waals surface area contributed by atoms with E-state index in [2.05, 4.69) is 9.80 Å². The number of anilines is 1. The van der Waals surface area contributed by atoms with E-state index < -0.39 is 0 Å². The molecule has 0 aromatic heterocycles. The molecule has 0 bridgehead atoms. The number of ketones is 1. The lowest BCUT2D eigenvalue weighted by molar-refractivity contribution is 0.101. The van der Waals surface area contributed by atoms with Crippen molar-refractivity contribution in [3.8, 4) is 17.2 Å². The molecule has 3 aromatic carbocycles. The molecule has 35 heavy (non-hydrogen) atoms. The van der Waals surface area contributed by atoms with Crippen molar-refractivity contribution in [1.29, 1.82) is 0 Å². The Morgan fingerprint density at radius 3 is 2.37 bits per heavy atom. The Kier molecular flexibility index (Phi) is 6.68. The van der Waals surface area contributed by atoms with Gasteiger partial charge in [-0.15, -0.1) is 0 Å². The molecule has 180 valence electrons. The number of benzene rings is 3. The molecule has 2 aliphatic rings. The number of nitrogens with zero attached hydrogens (tertiary/aromatic N) is 2. The first-order chi connectivity index (χ1) is 17.1. The van der Waals surface area contributed by atoms with Crippen LogP contribution < -0.4 is 19.1 Å². The quantitative estimate of drug-likeness (QED) is 0.465. The largest absolute Gasteiger partial charge is 0.497 e. The fourth-order valence-electron chi connectivity index (χ4n) is 4.28. The molecule has 0 atom stereocenters. The van der Waals surface area contributed by atoms with E-state index in [1.807, 2.05) is 42.5 Å². The van der Waals surface area contributed by atoms with E-state index in [0.29, 0.717) is 29.4 Å². The van der Waals surface area contributed by atoms with Gasteiger partial charge in [0.2, 0.25) is 5.78 Å². The summed E-state index contributed by atoms with van der Waals surface area (Å²) in [5.41, 5.74) is 2.45. The van der Waals surface area contributed by atoms with E-state index in [0.717, 1.165) is 49.7 Å². The zero-order valence-corrected chi connectivity index (χ0v) is 19.6. The predicted octanol–water partition coefficient (Wildman–Crippen LogP) is 4.65. The second-order valence-electron chi connectivity index (χ2n) is 8.52. The van der Waals surface area contributed by atoms with E-state index in [1.165, 1.54) is 12.1 Å². The van der Waals surface area contributed by atoms with Crippen LogP contribution in [-0.4, -0.2) is 57.1 Å². The molecule has 0 unspecified atom stereocenters. The van der Waals surface area contributed by atoms with Gasteiger partial charge in [-0.2, -0.15) is 0 Å². The van der Waals surface area contributed by atoms with Crippen molar-refractivity contribution in [2.24, 2.45) is 0 Å². The number of hydrogen-bond donors (Lipinski definition) is 0. The molecule has 2 heterocycles. The van der Waals surface area contributed by atoms with Gasteiger partial charge >= 0.3 is 0 Å². The van der Waals surface area contributed by atoms with Crippen LogP contribution in [0.3, 0.4) is 0 Å². The summed E-state index contributed by atoms with van der Waals surface area (Å²) in [7, 11) is 1.61. The smallest absolute Gasteiger partial charge is 0.231 e. The summed E-state index contributed by atoms with van der Waals surface area (Å²) in [6.45, 7) is 4.96. The van der Waals surface area contributed by atoms with Crippen molar-refractivity contribution < 1.29 is 23.4 Å². The number of methoxy groups -OCH3 is 1. The summed E-state index contributed by atoms with van der Waals surface area (Å²) < 4.78 is 30.1. The maximum Gasteiger partial charge on any atom is 0.231 e. The highest BCUT2D eigenvalue weighted by atomic mass is 19.1. The Morgan fingerprint density at radius 1 is 0.943 bits per heavy atom. The highest BCUT2D eigenvalue weighted by Crippen LogP contribution is 2.35. The summed E-state index contributed by atoms with van der Waals surface area (Å²) in [4.78, 5) is 17.3. The topological polar surface area (TPSA) is 51.2 Å². The number of allylic oxidation sites excluding steroid dienone is 1. The van der Waals surface area contributed by atoms with Crippen LogP contribution in [-0.2, 0) is 0 Å². The van der Waals surface area contributed by atoms with Crippen molar-refractivity contribution in [2.45, 2.75) is 0 Å². The maximum absolute atomic E-state index is 13.1. The molecule has 6 nitrogen and oxygen atoms in total. The number of carbonyl (C=O) groups excluding carboxylic acids is 1. The zero-order chi connectivity index (χ0) is 24.2. The van der Waals surface area contributed by atoms with Crippen LogP contribution in [0.5, 0.6) is 17.2 Å². The Hall–Kier alpha value is -3.84. The van der Waals surface area contributed by atoms with Gasteiger partial charge in [0.1, 0.15) is 29.7 Å². The third-order valence-electron chi connectivity index (χ3n) is 6.30. The van der Waals surface area contributed by atoms with Crippen LogP contribution >= 0.6 is 0 Å². The fraction of sp³-hybridized carbons (Fsp3) is 0.250. The first kappa shape index (κ1) is 22.9. The van der Waals surface area contributed by atoms with Gasteiger partial charge < -0.3 is 19.1 Å². The number of carbonyl (C=O) groups is 1. The number of halogens is 1. The van der Waals surface area contributed by atoms with Crippen LogP contribution in [0, 0.1) is 5.82 Å². The van der Waals surface area contributed by atoms with Crippen molar-refractivity contribution in [1.82, 2.24) is 4.90 Å². The molecule has 0 radical (unpaired) electrons. The first-order valence-electron chi connectivity index (χ1n) is 11.7. The standard InChI is InChI=1S/C28H27FN2O4/c1-33-23-8-2-20(3-9-23)18-27-28(32)25-11-10-24(19-26(25)35-27)34-17-16-30-12-14-31(15-13-30)22-6-4-21(29)5-7-22/h2-11,18-19H,12-17H2,1H3. The second-order valence-corrected chi connectivity index (χ2v) is 8.52. The minimum absolute atomic E-state index is 0.138. The Balaban J connectivity index is 1.12. The molecule has 7 heteroatoms. The van der Waals surface area contributed by atoms with Gasteiger partial charge in [-0.1, -0.05) is 12.1 Å². The lowest BCUT2D eigenvalue weighted by atomic mass is 10.1. The summed E-state index contributed by atoms with van der Waals surface area (Å²) in [6.07, 6.45) is 1.73. The molecule has 1 fully saturated rings. The van der Waals surface area contributed by atoms with Gasteiger partial charge in [0.15, 0.2) is 5.76 Å². The number of Topliss-reactive ketones (excluding diaryl/α,β-unsaturated/α-hetero) is 1. The number of hydrogen-bond acceptors (Lipinski definition) is 6. The number of ether oxygens (including phenoxy) is 3. The van der Waals surface area contributed by atoms with Crippen LogP contribution in [0.4, 0.5) is 10.1 Å². The van der Waals surface area contributed by atoms with E-state index in [1.54, 1.807) is 25.3 Å². The third kappa shape index (κ3) is 5.30. The lowest BCUT2D eigenvalue weighted by Crippen LogP contribution is -2.47. The molecule has 0 N–H and O–H groups in total. The summed E-state index contributed by atoms with van der Waals surface area (Å²) in [6, 6.07) is 19.4. The first-order valence-corrected chi connectivity index (χ1v) is 11.7. The molecular formula is C28H27FN2O4. The lowest BCUT2D eigenvalue weighted by Gasteiger charge is -2.36. The van der Waals surface area contributed by atoms with Crippen LogP contribution in [0.25, 0.3) is 6.08 Å². The summed E-state index contributed by atoms with van der Waals surface area (Å²) in [5, 5.41) is 0. The average Bonchev–Trinajstić information content (AvgIpc) is 3.19. The second kappa shape index (κ2) is 10.2. The number of rotatable bonds is 7. The van der Waals surface area contributed by atoms with E-state index in [-0.39, 0.29) is 11.6 Å². The molecule has 0 spiro atoms. The van der Waals surface area contributed by atoms with E-state index >= 15 is 0 Å². The Labute approximate surface area is 204 Å². The SMILES string of the molecule is COc1ccc(C=C2Oc3cc(OCCN4CCN(c5ccc(F)cc5)CC4)ccc3C2=O)cc1. The Morgan fingerprint density at radius 2 is 1.66 bits per heavy atom. The van der Waals surface area contributed by atoms with Gasteiger partial charge in [-0.25, -0.2) is 4.39 Å². The minimum Gasteiger partial charge on any atom is -0.497 e. The minimum atomic E-state index is -0.213. The van der Waals surface area contributed by atoms with Gasteiger partial charge in [-0.3, -0.25) is 9.69 Å². The van der Waals surface area contributed by atoms with E-state index in [4.69, 9.17) is 14.2 Å². The number of piperazine rings is 1. The van der Waals surface area contributed by atoms with Crippen LogP contribution in [0.1, 0.15) is 15.9 Å². The van der Waals surface area contributed by atoms with E-state index in [9.17, 15) is 9.18 Å². The number of fused-ring (bicyclic) bond motifs is 1.